The van der Waals surface area contributed by atoms with Crippen LogP contribution in [0.2, 0.25) is 0 Å². The molecule has 14 heavy (non-hydrogen) atoms. The molecule has 1 fully saturated rings. The van der Waals surface area contributed by atoms with Crippen molar-refractivity contribution in [3.63, 3.8) is 0 Å². The second kappa shape index (κ2) is 5.17. The molecule has 0 atom stereocenters. The highest BCUT2D eigenvalue weighted by atomic mass is 35.5. The summed E-state index contributed by atoms with van der Waals surface area (Å²) in [5.74, 6) is 1.14. The van der Waals surface area contributed by atoms with Crippen LogP contribution in [0.5, 0.6) is 5.75 Å². The van der Waals surface area contributed by atoms with E-state index in [2.05, 4.69) is 5.32 Å². The summed E-state index contributed by atoms with van der Waals surface area (Å²) < 4.78 is 18.0. The summed E-state index contributed by atoms with van der Waals surface area (Å²) in [6.07, 6.45) is 0. The molecule has 0 radical (unpaired) electrons. The van der Waals surface area contributed by atoms with Gasteiger partial charge in [-0.15, -0.1) is 12.4 Å². The first-order valence-corrected chi connectivity index (χ1v) is 4.44. The lowest BCUT2D eigenvalue weighted by molar-refractivity contribution is 0.199. The Hall–Kier alpha value is -0.800. The zero-order valence-electron chi connectivity index (χ0n) is 7.70. The lowest BCUT2D eigenvalue weighted by Gasteiger charge is -2.26. The van der Waals surface area contributed by atoms with E-state index in [-0.39, 0.29) is 18.2 Å². The number of halogens is 2. The van der Waals surface area contributed by atoms with E-state index in [1.807, 2.05) is 0 Å². The van der Waals surface area contributed by atoms with Crippen LogP contribution in [-0.4, -0.2) is 19.7 Å². The van der Waals surface area contributed by atoms with Crippen LogP contribution in [0.15, 0.2) is 24.3 Å². The van der Waals surface area contributed by atoms with E-state index < -0.39 is 0 Å². The normalized spacial score (nSPS) is 15.5. The Morgan fingerprint density at radius 3 is 2.43 bits per heavy atom. The fraction of sp³-hybridized carbons (Fsp3) is 0.400. The third kappa shape index (κ3) is 2.86. The topological polar surface area (TPSA) is 21.3 Å². The van der Waals surface area contributed by atoms with Crippen LogP contribution in [0.1, 0.15) is 0 Å². The van der Waals surface area contributed by atoms with E-state index in [9.17, 15) is 4.39 Å². The average Bonchev–Trinajstić information content (AvgIpc) is 2.05. The van der Waals surface area contributed by atoms with Gasteiger partial charge in [0.2, 0.25) is 0 Å². The van der Waals surface area contributed by atoms with Gasteiger partial charge in [0.05, 0.1) is 6.61 Å². The summed E-state index contributed by atoms with van der Waals surface area (Å²) in [4.78, 5) is 0. The molecule has 0 unspecified atom stereocenters. The molecular weight excluding hydrogens is 205 g/mol. The van der Waals surface area contributed by atoms with Gasteiger partial charge in [-0.2, -0.15) is 0 Å². The van der Waals surface area contributed by atoms with E-state index in [4.69, 9.17) is 4.74 Å². The van der Waals surface area contributed by atoms with Gasteiger partial charge in [0, 0.05) is 19.0 Å². The summed E-state index contributed by atoms with van der Waals surface area (Å²) in [6.45, 7) is 2.78. The van der Waals surface area contributed by atoms with Gasteiger partial charge in [-0.25, -0.2) is 4.39 Å². The Labute approximate surface area is 88.9 Å². The van der Waals surface area contributed by atoms with Gasteiger partial charge in [0.15, 0.2) is 0 Å². The van der Waals surface area contributed by atoms with Crippen LogP contribution in [0.25, 0.3) is 0 Å². The van der Waals surface area contributed by atoms with Crippen LogP contribution >= 0.6 is 12.4 Å². The second-order valence-corrected chi connectivity index (χ2v) is 3.29. The molecule has 1 aromatic carbocycles. The van der Waals surface area contributed by atoms with Gasteiger partial charge < -0.3 is 10.1 Å². The first-order valence-electron chi connectivity index (χ1n) is 4.44. The van der Waals surface area contributed by atoms with Crippen molar-refractivity contribution in [3.05, 3.63) is 30.1 Å². The maximum atomic E-state index is 12.5. The number of ether oxygens (including phenoxy) is 1. The Bertz CT molecular complexity index is 274. The zero-order valence-corrected chi connectivity index (χ0v) is 8.52. The van der Waals surface area contributed by atoms with Crippen molar-refractivity contribution in [1.29, 1.82) is 0 Å². The maximum Gasteiger partial charge on any atom is 0.123 e. The molecular formula is C10H13ClFNO. The molecule has 0 spiro atoms. The Morgan fingerprint density at radius 1 is 1.29 bits per heavy atom. The van der Waals surface area contributed by atoms with Crippen LogP contribution in [0.3, 0.4) is 0 Å². The van der Waals surface area contributed by atoms with Crippen molar-refractivity contribution in [3.8, 4) is 5.75 Å². The Kier molecular flexibility index (Phi) is 4.17. The lowest BCUT2D eigenvalue weighted by atomic mass is 10.1. The molecule has 1 saturated heterocycles. The molecule has 0 aromatic heterocycles. The van der Waals surface area contributed by atoms with E-state index in [0.717, 1.165) is 25.4 Å². The van der Waals surface area contributed by atoms with E-state index >= 15 is 0 Å². The monoisotopic (exact) mass is 217 g/mol. The Balaban J connectivity index is 0.000000980. The van der Waals surface area contributed by atoms with E-state index in [0.29, 0.717) is 5.92 Å². The van der Waals surface area contributed by atoms with Crippen molar-refractivity contribution < 1.29 is 9.13 Å². The van der Waals surface area contributed by atoms with Crippen LogP contribution < -0.4 is 10.1 Å². The van der Waals surface area contributed by atoms with Gasteiger partial charge in [-0.1, -0.05) is 0 Å². The van der Waals surface area contributed by atoms with E-state index in [1.165, 1.54) is 12.1 Å². The van der Waals surface area contributed by atoms with Crippen LogP contribution in [0, 0.1) is 11.7 Å². The smallest absolute Gasteiger partial charge is 0.123 e. The number of hydrogen-bond acceptors (Lipinski definition) is 2. The summed E-state index contributed by atoms with van der Waals surface area (Å²) in [5, 5.41) is 3.17. The first-order chi connectivity index (χ1) is 6.34. The fourth-order valence-electron chi connectivity index (χ4n) is 1.21. The molecule has 1 aliphatic rings. The minimum absolute atomic E-state index is 0. The molecule has 2 rings (SSSR count). The molecule has 4 heteroatoms. The standard InChI is InChI=1S/C10H12FNO.ClH/c11-9-1-3-10(4-2-9)13-7-8-5-12-6-8;/h1-4,8,12H,5-7H2;1H. The zero-order chi connectivity index (χ0) is 9.10. The molecule has 1 N–H and O–H groups in total. The van der Waals surface area contributed by atoms with Gasteiger partial charge in [0.1, 0.15) is 11.6 Å². The third-order valence-electron chi connectivity index (χ3n) is 2.17. The van der Waals surface area contributed by atoms with Crippen LogP contribution in [0.4, 0.5) is 4.39 Å². The molecule has 78 valence electrons. The summed E-state index contributed by atoms with van der Waals surface area (Å²) >= 11 is 0. The summed E-state index contributed by atoms with van der Waals surface area (Å²) in [7, 11) is 0. The predicted molar refractivity (Wildman–Crippen MR) is 55.5 cm³/mol. The third-order valence-corrected chi connectivity index (χ3v) is 2.17. The highest BCUT2D eigenvalue weighted by Gasteiger charge is 2.16. The molecule has 0 amide bonds. The SMILES string of the molecule is Cl.Fc1ccc(OCC2CNC2)cc1. The molecule has 2 nitrogen and oxygen atoms in total. The minimum atomic E-state index is -0.224. The molecule has 1 heterocycles. The number of nitrogens with one attached hydrogen (secondary N) is 1. The summed E-state index contributed by atoms with van der Waals surface area (Å²) in [6, 6.07) is 6.13. The predicted octanol–water partition coefficient (Wildman–Crippen LogP) is 1.85. The van der Waals surface area contributed by atoms with Crippen LogP contribution in [-0.2, 0) is 0 Å². The van der Waals surface area contributed by atoms with Crippen molar-refractivity contribution in [2.75, 3.05) is 19.7 Å². The quantitative estimate of drug-likeness (QED) is 0.835. The van der Waals surface area contributed by atoms with Crippen molar-refractivity contribution in [1.82, 2.24) is 5.32 Å². The minimum Gasteiger partial charge on any atom is -0.493 e. The number of benzene rings is 1. The van der Waals surface area contributed by atoms with Gasteiger partial charge >= 0.3 is 0 Å². The van der Waals surface area contributed by atoms with Gasteiger partial charge in [-0.05, 0) is 24.3 Å². The number of hydrogen-bond donors (Lipinski definition) is 1. The highest BCUT2D eigenvalue weighted by molar-refractivity contribution is 5.85. The Morgan fingerprint density at radius 2 is 1.93 bits per heavy atom. The second-order valence-electron chi connectivity index (χ2n) is 3.29. The van der Waals surface area contributed by atoms with Crippen molar-refractivity contribution in [2.45, 2.75) is 0 Å². The largest absolute Gasteiger partial charge is 0.493 e. The molecule has 1 aromatic rings. The summed E-state index contributed by atoms with van der Waals surface area (Å²) in [5.41, 5.74) is 0. The van der Waals surface area contributed by atoms with E-state index in [1.54, 1.807) is 12.1 Å². The number of rotatable bonds is 3. The average molecular weight is 218 g/mol. The lowest BCUT2D eigenvalue weighted by Crippen LogP contribution is -2.45. The maximum absolute atomic E-state index is 12.5. The van der Waals surface area contributed by atoms with Gasteiger partial charge in [0.25, 0.3) is 0 Å². The molecule has 0 aliphatic carbocycles. The van der Waals surface area contributed by atoms with Crippen molar-refractivity contribution >= 4 is 12.4 Å². The van der Waals surface area contributed by atoms with Gasteiger partial charge in [-0.3, -0.25) is 0 Å². The molecule has 0 saturated carbocycles. The van der Waals surface area contributed by atoms with Crippen molar-refractivity contribution in [2.24, 2.45) is 5.92 Å². The molecule has 1 aliphatic heterocycles. The molecule has 0 bridgehead atoms. The fourth-order valence-corrected chi connectivity index (χ4v) is 1.21. The first kappa shape index (κ1) is 11.3. The highest BCUT2D eigenvalue weighted by Crippen LogP contribution is 2.13.